The number of fused-ring (bicyclic) bond motifs is 2. The number of benzene rings is 1. The van der Waals surface area contributed by atoms with Crippen LogP contribution in [0.2, 0.25) is 0 Å². The largest absolute Gasteiger partial charge is 0.480 e. The Kier molecular flexibility index (Phi) is 5.54. The van der Waals surface area contributed by atoms with Gasteiger partial charge in [-0.25, -0.2) is 0 Å². The SMILES string of the molecule is Cc1cc2c(cc1C)O[C@@H](C(=O)NC[C@H]1CCn3ncc(C(=O)NC(C)C)c3C1)C2. The van der Waals surface area contributed by atoms with Gasteiger partial charge in [0.1, 0.15) is 5.75 Å². The molecule has 7 nitrogen and oxygen atoms in total. The van der Waals surface area contributed by atoms with E-state index in [-0.39, 0.29) is 23.8 Å². The highest BCUT2D eigenvalue weighted by atomic mass is 16.5. The third-order valence-corrected chi connectivity index (χ3v) is 6.05. The second-order valence-corrected chi connectivity index (χ2v) is 8.82. The van der Waals surface area contributed by atoms with Crippen LogP contribution in [0, 0.1) is 19.8 Å². The molecule has 2 aliphatic heterocycles. The molecule has 1 aromatic heterocycles. The number of amides is 2. The molecule has 0 radical (unpaired) electrons. The van der Waals surface area contributed by atoms with Crippen LogP contribution < -0.4 is 15.4 Å². The van der Waals surface area contributed by atoms with E-state index < -0.39 is 6.10 Å². The van der Waals surface area contributed by atoms with E-state index in [0.717, 1.165) is 36.4 Å². The molecule has 0 spiro atoms. The predicted molar refractivity (Wildman–Crippen MR) is 114 cm³/mol. The first-order valence-electron chi connectivity index (χ1n) is 10.7. The molecule has 0 bridgehead atoms. The third kappa shape index (κ3) is 4.06. The van der Waals surface area contributed by atoms with Crippen LogP contribution in [0.3, 0.4) is 0 Å². The van der Waals surface area contributed by atoms with E-state index in [0.29, 0.717) is 18.5 Å². The van der Waals surface area contributed by atoms with Crippen molar-refractivity contribution in [1.82, 2.24) is 20.4 Å². The average Bonchev–Trinajstić information content (AvgIpc) is 3.29. The molecule has 0 saturated heterocycles. The molecule has 2 aliphatic rings. The highest BCUT2D eigenvalue weighted by molar-refractivity contribution is 5.95. The lowest BCUT2D eigenvalue weighted by atomic mass is 9.94. The Morgan fingerprint density at radius 2 is 2.00 bits per heavy atom. The van der Waals surface area contributed by atoms with Gasteiger partial charge in [-0.15, -0.1) is 0 Å². The second kappa shape index (κ2) is 8.13. The van der Waals surface area contributed by atoms with Crippen molar-refractivity contribution in [3.05, 3.63) is 46.3 Å². The van der Waals surface area contributed by atoms with E-state index >= 15 is 0 Å². The maximum atomic E-state index is 12.7. The van der Waals surface area contributed by atoms with Crippen molar-refractivity contribution in [2.75, 3.05) is 6.54 Å². The summed E-state index contributed by atoms with van der Waals surface area (Å²) in [4.78, 5) is 25.1. The summed E-state index contributed by atoms with van der Waals surface area (Å²) >= 11 is 0. The van der Waals surface area contributed by atoms with Gasteiger partial charge >= 0.3 is 0 Å². The molecule has 2 N–H and O–H groups in total. The second-order valence-electron chi connectivity index (χ2n) is 8.82. The number of aryl methyl sites for hydroxylation is 3. The lowest BCUT2D eigenvalue weighted by molar-refractivity contribution is -0.127. The fraction of sp³-hybridized carbons (Fsp3) is 0.522. The minimum absolute atomic E-state index is 0.0710. The zero-order chi connectivity index (χ0) is 21.4. The molecule has 30 heavy (non-hydrogen) atoms. The Bertz CT molecular complexity index is 948. The molecule has 0 aliphatic carbocycles. The average molecular weight is 411 g/mol. The van der Waals surface area contributed by atoms with Gasteiger partial charge in [0.25, 0.3) is 11.8 Å². The Labute approximate surface area is 177 Å². The quantitative estimate of drug-likeness (QED) is 0.792. The maximum Gasteiger partial charge on any atom is 0.261 e. The molecule has 0 unspecified atom stereocenters. The van der Waals surface area contributed by atoms with E-state index in [1.807, 2.05) is 24.6 Å². The number of carbonyl (C=O) groups is 2. The standard InChI is InChI=1S/C23H30N4O3/c1-13(2)26-22(28)18-12-25-27-6-5-16(9-19(18)27)11-24-23(29)21-10-17-7-14(3)15(4)8-20(17)30-21/h7-8,12-13,16,21H,5-6,9-11H2,1-4H3,(H,24,29)(H,26,28)/t16-,21+/m0/s1. The summed E-state index contributed by atoms with van der Waals surface area (Å²) in [5, 5.41) is 10.4. The zero-order valence-corrected chi connectivity index (χ0v) is 18.1. The molecular weight excluding hydrogens is 380 g/mol. The van der Waals surface area contributed by atoms with E-state index in [1.165, 1.54) is 11.1 Å². The summed E-state index contributed by atoms with van der Waals surface area (Å²) in [5.74, 6) is 0.939. The van der Waals surface area contributed by atoms with Gasteiger partial charge in [-0.05, 0) is 69.2 Å². The van der Waals surface area contributed by atoms with Crippen molar-refractivity contribution in [2.24, 2.45) is 5.92 Å². The number of ether oxygens (including phenoxy) is 1. The number of hydrogen-bond acceptors (Lipinski definition) is 4. The lowest BCUT2D eigenvalue weighted by Crippen LogP contribution is -2.41. The van der Waals surface area contributed by atoms with E-state index in [4.69, 9.17) is 4.74 Å². The zero-order valence-electron chi connectivity index (χ0n) is 18.1. The topological polar surface area (TPSA) is 85.2 Å². The summed E-state index contributed by atoms with van der Waals surface area (Å²) < 4.78 is 7.81. The van der Waals surface area contributed by atoms with Crippen molar-refractivity contribution < 1.29 is 14.3 Å². The smallest absolute Gasteiger partial charge is 0.261 e. The lowest BCUT2D eigenvalue weighted by Gasteiger charge is -2.25. The number of nitrogens with one attached hydrogen (secondary N) is 2. The van der Waals surface area contributed by atoms with E-state index in [9.17, 15) is 9.59 Å². The Morgan fingerprint density at radius 1 is 1.23 bits per heavy atom. The molecule has 4 rings (SSSR count). The summed E-state index contributed by atoms with van der Waals surface area (Å²) in [6, 6.07) is 4.21. The number of nitrogens with zero attached hydrogens (tertiary/aromatic N) is 2. The van der Waals surface area contributed by atoms with Crippen molar-refractivity contribution in [1.29, 1.82) is 0 Å². The van der Waals surface area contributed by atoms with Gasteiger partial charge in [-0.2, -0.15) is 5.10 Å². The summed E-state index contributed by atoms with van der Waals surface area (Å²) in [5.41, 5.74) is 5.08. The van der Waals surface area contributed by atoms with Crippen LogP contribution in [-0.2, 0) is 24.2 Å². The minimum Gasteiger partial charge on any atom is -0.480 e. The number of aromatic nitrogens is 2. The normalized spacial score (nSPS) is 19.8. The Balaban J connectivity index is 1.34. The van der Waals surface area contributed by atoms with Gasteiger partial charge in [0, 0.05) is 25.6 Å². The van der Waals surface area contributed by atoms with Crippen LogP contribution in [-0.4, -0.2) is 40.3 Å². The van der Waals surface area contributed by atoms with Gasteiger partial charge in [0.2, 0.25) is 0 Å². The highest BCUT2D eigenvalue weighted by Crippen LogP contribution is 2.31. The van der Waals surface area contributed by atoms with Crippen LogP contribution in [0.1, 0.15) is 53.0 Å². The van der Waals surface area contributed by atoms with Gasteiger partial charge in [0.15, 0.2) is 6.10 Å². The van der Waals surface area contributed by atoms with Crippen LogP contribution in [0.15, 0.2) is 18.3 Å². The van der Waals surface area contributed by atoms with Crippen molar-refractivity contribution in [3.8, 4) is 5.75 Å². The Hall–Kier alpha value is -2.83. The molecular formula is C23H30N4O3. The van der Waals surface area contributed by atoms with Gasteiger partial charge in [0.05, 0.1) is 17.5 Å². The van der Waals surface area contributed by atoms with Crippen LogP contribution in [0.5, 0.6) is 5.75 Å². The van der Waals surface area contributed by atoms with Gasteiger partial charge in [-0.1, -0.05) is 6.07 Å². The monoisotopic (exact) mass is 410 g/mol. The predicted octanol–water partition coefficient (Wildman–Crippen LogP) is 2.32. The van der Waals surface area contributed by atoms with Gasteiger partial charge < -0.3 is 15.4 Å². The molecule has 0 fully saturated rings. The van der Waals surface area contributed by atoms with Crippen molar-refractivity contribution in [2.45, 2.75) is 65.6 Å². The highest BCUT2D eigenvalue weighted by Gasteiger charge is 2.31. The van der Waals surface area contributed by atoms with Crippen LogP contribution in [0.4, 0.5) is 0 Å². The molecule has 1 aromatic carbocycles. The third-order valence-electron chi connectivity index (χ3n) is 6.05. The first-order chi connectivity index (χ1) is 14.3. The molecule has 0 saturated carbocycles. The van der Waals surface area contributed by atoms with Crippen molar-refractivity contribution in [3.63, 3.8) is 0 Å². The first kappa shape index (κ1) is 20.4. The fourth-order valence-electron chi connectivity index (χ4n) is 4.22. The molecule has 2 amide bonds. The van der Waals surface area contributed by atoms with Crippen LogP contribution >= 0.6 is 0 Å². The number of rotatable bonds is 5. The first-order valence-corrected chi connectivity index (χ1v) is 10.7. The molecule has 160 valence electrons. The molecule has 7 heteroatoms. The van der Waals surface area contributed by atoms with Crippen LogP contribution in [0.25, 0.3) is 0 Å². The summed E-state index contributed by atoms with van der Waals surface area (Å²) in [7, 11) is 0. The van der Waals surface area contributed by atoms with Gasteiger partial charge in [-0.3, -0.25) is 14.3 Å². The van der Waals surface area contributed by atoms with E-state index in [1.54, 1.807) is 6.20 Å². The minimum atomic E-state index is -0.470. The van der Waals surface area contributed by atoms with E-state index in [2.05, 4.69) is 35.6 Å². The van der Waals surface area contributed by atoms with Crippen molar-refractivity contribution >= 4 is 11.8 Å². The molecule has 3 heterocycles. The Morgan fingerprint density at radius 3 is 2.77 bits per heavy atom. The maximum absolute atomic E-state index is 12.7. The summed E-state index contributed by atoms with van der Waals surface area (Å²) in [6.45, 7) is 9.34. The molecule has 2 atom stereocenters. The number of carbonyl (C=O) groups excluding carboxylic acids is 2. The summed E-state index contributed by atoms with van der Waals surface area (Å²) in [6.07, 6.45) is 3.44. The molecule has 2 aromatic rings. The number of hydrogen-bond donors (Lipinski definition) is 2. The fourth-order valence-corrected chi connectivity index (χ4v) is 4.22.